The Morgan fingerprint density at radius 1 is 1.69 bits per heavy atom. The Labute approximate surface area is 88.7 Å². The number of thiocarbonyl (C=S) groups is 1. The average molecular weight is 217 g/mol. The Morgan fingerprint density at radius 2 is 2.54 bits per heavy atom. The number of nitrogens with one attached hydrogen (secondary N) is 2. The fourth-order valence-electron chi connectivity index (χ4n) is 0.948. The van der Waals surface area contributed by atoms with Gasteiger partial charge >= 0.3 is 0 Å². The topological polar surface area (TPSA) is 36.4 Å². The van der Waals surface area contributed by atoms with Crippen molar-refractivity contribution in [2.45, 2.75) is 19.8 Å². The average Bonchev–Trinajstić information content (AvgIpc) is 2.64. The molecule has 0 bridgehead atoms. The van der Waals surface area contributed by atoms with E-state index in [9.17, 15) is 0 Å². The van der Waals surface area contributed by atoms with Gasteiger partial charge < -0.3 is 5.32 Å². The lowest BCUT2D eigenvalue weighted by Gasteiger charge is -2.05. The zero-order chi connectivity index (χ0) is 9.52. The van der Waals surface area contributed by atoms with Gasteiger partial charge in [0, 0.05) is 18.0 Å². The second-order valence-corrected chi connectivity index (χ2v) is 4.36. The van der Waals surface area contributed by atoms with E-state index in [1.54, 1.807) is 0 Å². The number of rotatable bonds is 3. The lowest BCUT2D eigenvalue weighted by molar-refractivity contribution is 0.815. The summed E-state index contributed by atoms with van der Waals surface area (Å²) in [5.74, 6) is 2.24. The fraction of sp³-hybridized carbons (Fsp3) is 0.750. The summed E-state index contributed by atoms with van der Waals surface area (Å²) in [5, 5.41) is 7.91. The van der Waals surface area contributed by atoms with E-state index in [1.165, 1.54) is 11.5 Å². The van der Waals surface area contributed by atoms with Crippen LogP contribution in [0.4, 0.5) is 0 Å². The SMILES string of the molecule is CCCNC(=S)N/N=C1/CCSC1. The predicted octanol–water partition coefficient (Wildman–Crippen LogP) is 1.35. The van der Waals surface area contributed by atoms with Gasteiger partial charge in [-0.15, -0.1) is 0 Å². The third-order valence-corrected chi connectivity index (χ3v) is 2.92. The smallest absolute Gasteiger partial charge is 0.186 e. The van der Waals surface area contributed by atoms with E-state index in [1.807, 2.05) is 11.8 Å². The first-order chi connectivity index (χ1) is 6.33. The molecule has 13 heavy (non-hydrogen) atoms. The Balaban J connectivity index is 2.16. The van der Waals surface area contributed by atoms with Gasteiger partial charge in [0.2, 0.25) is 0 Å². The summed E-state index contributed by atoms with van der Waals surface area (Å²) in [5.41, 5.74) is 4.07. The summed E-state index contributed by atoms with van der Waals surface area (Å²) in [4.78, 5) is 0. The van der Waals surface area contributed by atoms with Gasteiger partial charge in [0.25, 0.3) is 0 Å². The van der Waals surface area contributed by atoms with E-state index < -0.39 is 0 Å². The van der Waals surface area contributed by atoms with Crippen molar-refractivity contribution in [3.63, 3.8) is 0 Å². The zero-order valence-corrected chi connectivity index (χ0v) is 9.43. The Kier molecular flexibility index (Phi) is 5.15. The van der Waals surface area contributed by atoms with Crippen molar-refractivity contribution in [1.82, 2.24) is 10.7 Å². The van der Waals surface area contributed by atoms with Crippen molar-refractivity contribution >= 4 is 34.8 Å². The number of hydrogen-bond acceptors (Lipinski definition) is 3. The van der Waals surface area contributed by atoms with E-state index in [2.05, 4.69) is 22.8 Å². The summed E-state index contributed by atoms with van der Waals surface area (Å²) in [6.45, 7) is 3.01. The molecule has 0 aromatic carbocycles. The molecule has 1 heterocycles. The maximum Gasteiger partial charge on any atom is 0.186 e. The Hall–Kier alpha value is -0.290. The van der Waals surface area contributed by atoms with Gasteiger partial charge in [0.1, 0.15) is 0 Å². The van der Waals surface area contributed by atoms with Crippen LogP contribution in [0.2, 0.25) is 0 Å². The van der Waals surface area contributed by atoms with Crippen LogP contribution in [-0.4, -0.2) is 28.9 Å². The van der Waals surface area contributed by atoms with Crippen LogP contribution >= 0.6 is 24.0 Å². The lowest BCUT2D eigenvalue weighted by Crippen LogP contribution is -2.33. The van der Waals surface area contributed by atoms with Gasteiger partial charge in [-0.2, -0.15) is 16.9 Å². The first-order valence-electron chi connectivity index (χ1n) is 4.50. The number of hydrogen-bond donors (Lipinski definition) is 2. The minimum Gasteiger partial charge on any atom is -0.361 e. The molecular formula is C8H15N3S2. The van der Waals surface area contributed by atoms with Crippen LogP contribution in [0.25, 0.3) is 0 Å². The largest absolute Gasteiger partial charge is 0.361 e. The van der Waals surface area contributed by atoms with Gasteiger partial charge in [-0.25, -0.2) is 0 Å². The maximum atomic E-state index is 5.02. The van der Waals surface area contributed by atoms with Crippen LogP contribution in [0.3, 0.4) is 0 Å². The van der Waals surface area contributed by atoms with Gasteiger partial charge in [-0.3, -0.25) is 5.43 Å². The molecule has 1 saturated heterocycles. The normalized spacial score (nSPS) is 19.0. The first-order valence-corrected chi connectivity index (χ1v) is 6.06. The van der Waals surface area contributed by atoms with Crippen LogP contribution in [0, 0.1) is 0 Å². The van der Waals surface area contributed by atoms with Gasteiger partial charge in [-0.1, -0.05) is 6.92 Å². The lowest BCUT2D eigenvalue weighted by atomic mass is 10.3. The molecule has 3 nitrogen and oxygen atoms in total. The van der Waals surface area contributed by atoms with Crippen LogP contribution in [0.5, 0.6) is 0 Å². The number of nitrogens with zero attached hydrogens (tertiary/aromatic N) is 1. The van der Waals surface area contributed by atoms with Crippen LogP contribution < -0.4 is 10.7 Å². The molecule has 0 radical (unpaired) electrons. The Bertz CT molecular complexity index is 196. The molecule has 1 aliphatic rings. The van der Waals surface area contributed by atoms with Crippen molar-refractivity contribution in [2.75, 3.05) is 18.1 Å². The van der Waals surface area contributed by atoms with Crippen molar-refractivity contribution in [1.29, 1.82) is 0 Å². The van der Waals surface area contributed by atoms with E-state index >= 15 is 0 Å². The van der Waals surface area contributed by atoms with Gasteiger partial charge in [0.15, 0.2) is 5.11 Å². The van der Waals surface area contributed by atoms with Gasteiger partial charge in [-0.05, 0) is 30.8 Å². The number of hydrazone groups is 1. The van der Waals surface area contributed by atoms with Crippen LogP contribution in [-0.2, 0) is 0 Å². The molecule has 0 aromatic heterocycles. The van der Waals surface area contributed by atoms with Crippen molar-refractivity contribution in [3.05, 3.63) is 0 Å². The van der Waals surface area contributed by atoms with Crippen LogP contribution in [0.1, 0.15) is 19.8 Å². The molecule has 0 aliphatic carbocycles. The molecule has 74 valence electrons. The molecule has 0 unspecified atom stereocenters. The summed E-state index contributed by atoms with van der Waals surface area (Å²) >= 11 is 6.94. The maximum absolute atomic E-state index is 5.02. The first kappa shape index (κ1) is 10.8. The second-order valence-electron chi connectivity index (χ2n) is 2.85. The predicted molar refractivity (Wildman–Crippen MR) is 63.4 cm³/mol. The summed E-state index contributed by atoms with van der Waals surface area (Å²) in [7, 11) is 0. The molecule has 2 N–H and O–H groups in total. The third kappa shape index (κ3) is 4.47. The van der Waals surface area contributed by atoms with Crippen molar-refractivity contribution < 1.29 is 0 Å². The molecule has 0 spiro atoms. The number of thioether (sulfide) groups is 1. The summed E-state index contributed by atoms with van der Waals surface area (Å²) in [6.07, 6.45) is 2.17. The highest BCUT2D eigenvalue weighted by Gasteiger charge is 2.07. The van der Waals surface area contributed by atoms with Gasteiger partial charge in [0.05, 0.1) is 0 Å². The highest BCUT2D eigenvalue weighted by molar-refractivity contribution is 8.00. The van der Waals surface area contributed by atoms with E-state index in [0.29, 0.717) is 5.11 Å². The minimum atomic E-state index is 0.631. The molecule has 0 atom stereocenters. The molecule has 0 amide bonds. The second kappa shape index (κ2) is 6.21. The minimum absolute atomic E-state index is 0.631. The standard InChI is InChI=1S/C8H15N3S2/c1-2-4-9-8(12)11-10-7-3-5-13-6-7/h2-6H2,1H3,(H2,9,11,12)/b10-7-. The third-order valence-electron chi connectivity index (χ3n) is 1.65. The molecule has 5 heteroatoms. The van der Waals surface area contributed by atoms with E-state index in [0.717, 1.165) is 25.1 Å². The summed E-state index contributed by atoms with van der Waals surface area (Å²) in [6, 6.07) is 0. The van der Waals surface area contributed by atoms with Crippen molar-refractivity contribution in [3.8, 4) is 0 Å². The van der Waals surface area contributed by atoms with E-state index in [4.69, 9.17) is 12.2 Å². The molecule has 1 rings (SSSR count). The van der Waals surface area contributed by atoms with Crippen molar-refractivity contribution in [2.24, 2.45) is 5.10 Å². The quantitative estimate of drug-likeness (QED) is 0.553. The van der Waals surface area contributed by atoms with E-state index in [-0.39, 0.29) is 0 Å². The Morgan fingerprint density at radius 3 is 3.15 bits per heavy atom. The fourth-order valence-corrected chi connectivity index (χ4v) is 2.06. The molecule has 1 fully saturated rings. The zero-order valence-electron chi connectivity index (χ0n) is 7.80. The molecule has 1 aliphatic heterocycles. The highest BCUT2D eigenvalue weighted by Crippen LogP contribution is 2.13. The molecule has 0 saturated carbocycles. The highest BCUT2D eigenvalue weighted by atomic mass is 32.2. The molecule has 0 aromatic rings. The van der Waals surface area contributed by atoms with Crippen LogP contribution in [0.15, 0.2) is 5.10 Å². The monoisotopic (exact) mass is 217 g/mol. The molecular weight excluding hydrogens is 202 g/mol. The summed E-state index contributed by atoms with van der Waals surface area (Å²) < 4.78 is 0.